The van der Waals surface area contributed by atoms with E-state index >= 15 is 0 Å². The van der Waals surface area contributed by atoms with Crippen LogP contribution in [0.1, 0.15) is 19.3 Å². The van der Waals surface area contributed by atoms with Crippen LogP contribution in [0.3, 0.4) is 0 Å². The molecule has 0 spiro atoms. The molecule has 100 valence electrons. The van der Waals surface area contributed by atoms with Crippen molar-refractivity contribution in [3.05, 3.63) is 41.3 Å². The number of carbonyl (C=O) groups excluding carboxylic acids is 1. The molecule has 2 aromatic rings. The number of carbonyl (C=O) groups is 1. The molecule has 4 nitrogen and oxygen atoms in total. The zero-order valence-corrected chi connectivity index (χ0v) is 11.5. The second-order valence-electron chi connectivity index (χ2n) is 4.42. The molecule has 1 amide bonds. The van der Waals surface area contributed by atoms with E-state index in [1.54, 1.807) is 0 Å². The molecule has 0 atom stereocenters. The topological polar surface area (TPSA) is 63.8 Å². The number of H-pyrrole nitrogens is 1. The van der Waals surface area contributed by atoms with Gasteiger partial charge in [-0.3, -0.25) is 4.79 Å². The van der Waals surface area contributed by atoms with Gasteiger partial charge in [-0.1, -0.05) is 30.3 Å². The lowest BCUT2D eigenvalue weighted by Gasteiger charge is -2.08. The number of primary amides is 1. The van der Waals surface area contributed by atoms with Crippen LogP contribution in [0.5, 0.6) is 0 Å². The summed E-state index contributed by atoms with van der Waals surface area (Å²) < 4.78 is 2.77. The van der Waals surface area contributed by atoms with Crippen molar-refractivity contribution in [2.45, 2.75) is 25.8 Å². The third-order valence-corrected chi connectivity index (χ3v) is 3.33. The molecule has 0 aliphatic heterocycles. The summed E-state index contributed by atoms with van der Waals surface area (Å²) >= 11 is 5.29. The van der Waals surface area contributed by atoms with Crippen LogP contribution in [0.2, 0.25) is 0 Å². The van der Waals surface area contributed by atoms with Crippen molar-refractivity contribution < 1.29 is 4.79 Å². The Morgan fingerprint density at radius 2 is 2.00 bits per heavy atom. The van der Waals surface area contributed by atoms with Crippen molar-refractivity contribution in [1.29, 1.82) is 0 Å². The van der Waals surface area contributed by atoms with E-state index in [1.807, 2.05) is 24.4 Å². The van der Waals surface area contributed by atoms with Crippen LogP contribution < -0.4 is 5.73 Å². The molecule has 0 aliphatic rings. The molecule has 1 heterocycles. The Balaban J connectivity index is 2.10. The zero-order valence-electron chi connectivity index (χ0n) is 10.6. The predicted octanol–water partition coefficient (Wildman–Crippen LogP) is 2.87. The maximum absolute atomic E-state index is 10.7. The number of unbranched alkanes of at least 4 members (excludes halogenated alkanes) is 1. The van der Waals surface area contributed by atoms with Crippen molar-refractivity contribution in [3.8, 4) is 11.3 Å². The summed E-state index contributed by atoms with van der Waals surface area (Å²) in [6.45, 7) is 0.792. The Hall–Kier alpha value is -1.88. The molecule has 0 bridgehead atoms. The van der Waals surface area contributed by atoms with E-state index in [0.717, 1.165) is 30.6 Å². The minimum atomic E-state index is -0.249. The minimum Gasteiger partial charge on any atom is -0.370 e. The van der Waals surface area contributed by atoms with Crippen LogP contribution in [0, 0.1) is 4.77 Å². The largest absolute Gasteiger partial charge is 0.370 e. The number of amides is 1. The third-order valence-electron chi connectivity index (χ3n) is 2.99. The van der Waals surface area contributed by atoms with Crippen molar-refractivity contribution in [3.63, 3.8) is 0 Å². The average molecular weight is 275 g/mol. The van der Waals surface area contributed by atoms with Gasteiger partial charge in [0.15, 0.2) is 4.77 Å². The second kappa shape index (κ2) is 6.33. The number of aromatic amines is 1. The Morgan fingerprint density at radius 1 is 1.26 bits per heavy atom. The Bertz CT molecular complexity index is 601. The molecule has 19 heavy (non-hydrogen) atoms. The van der Waals surface area contributed by atoms with Gasteiger partial charge in [0.1, 0.15) is 0 Å². The Labute approximate surface area is 117 Å². The summed E-state index contributed by atoms with van der Waals surface area (Å²) in [7, 11) is 0. The van der Waals surface area contributed by atoms with Gasteiger partial charge in [0.25, 0.3) is 0 Å². The van der Waals surface area contributed by atoms with Gasteiger partial charge in [0.2, 0.25) is 5.91 Å². The van der Waals surface area contributed by atoms with Crippen LogP contribution in [0.4, 0.5) is 0 Å². The van der Waals surface area contributed by atoms with Crippen molar-refractivity contribution in [2.24, 2.45) is 5.73 Å². The Morgan fingerprint density at radius 3 is 2.68 bits per heavy atom. The lowest BCUT2D eigenvalue weighted by molar-refractivity contribution is -0.118. The van der Waals surface area contributed by atoms with Gasteiger partial charge >= 0.3 is 0 Å². The first-order valence-electron chi connectivity index (χ1n) is 6.30. The smallest absolute Gasteiger partial charge is 0.217 e. The van der Waals surface area contributed by atoms with Crippen LogP contribution >= 0.6 is 12.2 Å². The van der Waals surface area contributed by atoms with E-state index in [1.165, 1.54) is 0 Å². The van der Waals surface area contributed by atoms with E-state index in [2.05, 4.69) is 21.7 Å². The maximum atomic E-state index is 10.7. The molecule has 0 unspecified atom stereocenters. The number of rotatable bonds is 6. The van der Waals surface area contributed by atoms with Gasteiger partial charge < -0.3 is 15.3 Å². The molecule has 0 saturated carbocycles. The second-order valence-corrected chi connectivity index (χ2v) is 4.81. The molecule has 1 aromatic heterocycles. The van der Waals surface area contributed by atoms with Gasteiger partial charge in [0, 0.05) is 19.2 Å². The van der Waals surface area contributed by atoms with E-state index in [0.29, 0.717) is 11.2 Å². The highest BCUT2D eigenvalue weighted by Crippen LogP contribution is 2.19. The quantitative estimate of drug-likeness (QED) is 0.629. The van der Waals surface area contributed by atoms with E-state index in [9.17, 15) is 4.79 Å². The predicted molar refractivity (Wildman–Crippen MR) is 78.1 cm³/mol. The fourth-order valence-corrected chi connectivity index (χ4v) is 2.28. The number of aromatic nitrogens is 2. The van der Waals surface area contributed by atoms with Gasteiger partial charge in [-0.15, -0.1) is 0 Å². The van der Waals surface area contributed by atoms with E-state index in [-0.39, 0.29) is 5.91 Å². The highest BCUT2D eigenvalue weighted by molar-refractivity contribution is 7.71. The van der Waals surface area contributed by atoms with Crippen molar-refractivity contribution in [1.82, 2.24) is 9.55 Å². The maximum Gasteiger partial charge on any atom is 0.217 e. The van der Waals surface area contributed by atoms with Crippen LogP contribution in [0.15, 0.2) is 36.5 Å². The highest BCUT2D eigenvalue weighted by atomic mass is 32.1. The molecule has 0 saturated heterocycles. The summed E-state index contributed by atoms with van der Waals surface area (Å²) in [4.78, 5) is 13.8. The molecule has 2 rings (SSSR count). The van der Waals surface area contributed by atoms with E-state index < -0.39 is 0 Å². The lowest BCUT2D eigenvalue weighted by Crippen LogP contribution is -2.10. The Kier molecular flexibility index (Phi) is 4.52. The number of nitrogens with zero attached hydrogens (tertiary/aromatic N) is 1. The van der Waals surface area contributed by atoms with Gasteiger partial charge in [0.05, 0.1) is 5.69 Å². The molecule has 0 fully saturated rings. The lowest BCUT2D eigenvalue weighted by atomic mass is 10.1. The normalized spacial score (nSPS) is 10.5. The first-order chi connectivity index (χ1) is 9.18. The van der Waals surface area contributed by atoms with Crippen molar-refractivity contribution >= 4 is 18.1 Å². The number of nitrogens with one attached hydrogen (secondary N) is 1. The standard InChI is InChI=1S/C14H17N3OS/c15-13(18)8-4-5-9-17-12(10-16-14(17)19)11-6-2-1-3-7-11/h1-3,6-7,10H,4-5,8-9H2,(H2,15,18)(H,16,19). The van der Waals surface area contributed by atoms with Crippen molar-refractivity contribution in [2.75, 3.05) is 0 Å². The molecular weight excluding hydrogens is 258 g/mol. The SMILES string of the molecule is NC(=O)CCCCn1c(-c2ccccc2)c[nH]c1=S. The average Bonchev–Trinajstić information content (AvgIpc) is 2.77. The monoisotopic (exact) mass is 275 g/mol. The number of imidazole rings is 1. The first kappa shape index (κ1) is 13.5. The number of benzene rings is 1. The molecule has 0 aliphatic carbocycles. The van der Waals surface area contributed by atoms with Gasteiger partial charge in [-0.25, -0.2) is 0 Å². The molecular formula is C14H17N3OS. The number of nitrogens with two attached hydrogens (primary N) is 1. The summed E-state index contributed by atoms with van der Waals surface area (Å²) in [6.07, 6.45) is 4.02. The number of hydrogen-bond donors (Lipinski definition) is 2. The van der Waals surface area contributed by atoms with Crippen LogP contribution in [-0.2, 0) is 11.3 Å². The summed E-state index contributed by atoms with van der Waals surface area (Å²) in [5.41, 5.74) is 7.33. The summed E-state index contributed by atoms with van der Waals surface area (Å²) in [5.74, 6) is -0.249. The summed E-state index contributed by atoms with van der Waals surface area (Å²) in [5, 5.41) is 0. The molecule has 0 radical (unpaired) electrons. The van der Waals surface area contributed by atoms with Crippen LogP contribution in [0.25, 0.3) is 11.3 Å². The van der Waals surface area contributed by atoms with Crippen LogP contribution in [-0.4, -0.2) is 15.5 Å². The zero-order chi connectivity index (χ0) is 13.7. The number of hydrogen-bond acceptors (Lipinski definition) is 2. The fraction of sp³-hybridized carbons (Fsp3) is 0.286. The minimum absolute atomic E-state index is 0.249. The molecule has 3 N–H and O–H groups in total. The first-order valence-corrected chi connectivity index (χ1v) is 6.71. The fourth-order valence-electron chi connectivity index (χ4n) is 2.03. The summed E-state index contributed by atoms with van der Waals surface area (Å²) in [6, 6.07) is 10.1. The van der Waals surface area contributed by atoms with Gasteiger partial charge in [-0.05, 0) is 30.6 Å². The molecule has 5 heteroatoms. The highest BCUT2D eigenvalue weighted by Gasteiger charge is 2.06. The van der Waals surface area contributed by atoms with E-state index in [4.69, 9.17) is 18.0 Å². The third kappa shape index (κ3) is 3.54. The molecule has 1 aromatic carbocycles. The van der Waals surface area contributed by atoms with Gasteiger partial charge in [-0.2, -0.15) is 0 Å².